The van der Waals surface area contributed by atoms with Gasteiger partial charge in [0.2, 0.25) is 0 Å². The second-order valence-corrected chi connectivity index (χ2v) is 10.9. The van der Waals surface area contributed by atoms with Crippen molar-refractivity contribution in [2.24, 2.45) is 17.3 Å². The molecule has 7 nitrogen and oxygen atoms in total. The van der Waals surface area contributed by atoms with E-state index in [1.807, 2.05) is 0 Å². The quantitative estimate of drug-likeness (QED) is 0.498. The van der Waals surface area contributed by atoms with Crippen LogP contribution in [-0.2, 0) is 19.7 Å². The Labute approximate surface area is 197 Å². The monoisotopic (exact) mass is 459 g/mol. The number of amides is 1. The topological polar surface area (TPSA) is 104 Å². The van der Waals surface area contributed by atoms with E-state index in [2.05, 4.69) is 46.5 Å². The molecule has 176 valence electrons. The standard InChI is InChI=1S/C27H29N3O4/c1-16-2-4-19(5-3-16)26-10-17-8-18(11-26)13-27(12-17,15-26)24(32)34-14-23(31)28-20-6-7-21-22(9-20)30-25(33)29-21/h2-7,9,17-18H,8,10-15H2,1H3,(H,28,31)(H2,29,30,33)/t17-,18-,26?,27?/m0/s1. The van der Waals surface area contributed by atoms with Crippen LogP contribution < -0.4 is 11.0 Å². The minimum absolute atomic E-state index is 0.0436. The second kappa shape index (κ2) is 7.58. The van der Waals surface area contributed by atoms with Gasteiger partial charge in [0.05, 0.1) is 16.4 Å². The summed E-state index contributed by atoms with van der Waals surface area (Å²) in [7, 11) is 0. The zero-order chi connectivity index (χ0) is 23.5. The summed E-state index contributed by atoms with van der Waals surface area (Å²) in [6.45, 7) is 1.79. The summed E-state index contributed by atoms with van der Waals surface area (Å²) in [4.78, 5) is 42.7. The van der Waals surface area contributed by atoms with Crippen LogP contribution in [0.25, 0.3) is 11.0 Å². The molecule has 34 heavy (non-hydrogen) atoms. The first-order valence-electron chi connectivity index (χ1n) is 12.1. The lowest BCUT2D eigenvalue weighted by atomic mass is 9.43. The van der Waals surface area contributed by atoms with Crippen molar-refractivity contribution >= 4 is 28.6 Å². The molecule has 4 fully saturated rings. The Hall–Kier alpha value is -3.35. The fourth-order valence-corrected chi connectivity index (χ4v) is 7.34. The van der Waals surface area contributed by atoms with Gasteiger partial charge >= 0.3 is 11.7 Å². The maximum absolute atomic E-state index is 13.4. The normalized spacial score (nSPS) is 29.3. The molecule has 3 N–H and O–H groups in total. The van der Waals surface area contributed by atoms with Crippen LogP contribution in [0.1, 0.15) is 49.7 Å². The Kier molecular flexibility index (Phi) is 4.73. The lowest BCUT2D eigenvalue weighted by Crippen LogP contribution is -2.57. The summed E-state index contributed by atoms with van der Waals surface area (Å²) in [6, 6.07) is 13.9. The van der Waals surface area contributed by atoms with Gasteiger partial charge in [-0.3, -0.25) is 9.59 Å². The highest BCUT2D eigenvalue weighted by molar-refractivity contribution is 5.95. The van der Waals surface area contributed by atoms with Crippen molar-refractivity contribution in [2.45, 2.75) is 50.9 Å². The van der Waals surface area contributed by atoms with Crippen LogP contribution in [0, 0.1) is 24.2 Å². The number of rotatable bonds is 5. The van der Waals surface area contributed by atoms with Gasteiger partial charge in [0.15, 0.2) is 6.61 Å². The minimum atomic E-state index is -0.487. The molecule has 2 atom stereocenters. The molecule has 0 unspecified atom stereocenters. The largest absolute Gasteiger partial charge is 0.455 e. The Bertz CT molecular complexity index is 1320. The average Bonchev–Trinajstić information content (AvgIpc) is 3.16. The zero-order valence-corrected chi connectivity index (χ0v) is 19.3. The number of anilines is 1. The van der Waals surface area contributed by atoms with Gasteiger partial charge in [-0.05, 0) is 86.5 Å². The van der Waals surface area contributed by atoms with E-state index >= 15 is 0 Å². The Morgan fingerprint density at radius 3 is 2.44 bits per heavy atom. The molecule has 0 radical (unpaired) electrons. The van der Waals surface area contributed by atoms with Crippen LogP contribution in [0.2, 0.25) is 0 Å². The number of aromatic amines is 2. The molecule has 7 rings (SSSR count). The van der Waals surface area contributed by atoms with Gasteiger partial charge in [0.25, 0.3) is 5.91 Å². The number of ether oxygens (including phenoxy) is 1. The van der Waals surface area contributed by atoms with Crippen LogP contribution in [0.5, 0.6) is 0 Å². The van der Waals surface area contributed by atoms with E-state index in [4.69, 9.17) is 4.74 Å². The Morgan fingerprint density at radius 1 is 1.00 bits per heavy atom. The third-order valence-electron chi connectivity index (χ3n) is 8.29. The highest BCUT2D eigenvalue weighted by Gasteiger charge is 2.61. The van der Waals surface area contributed by atoms with Gasteiger partial charge < -0.3 is 20.0 Å². The summed E-state index contributed by atoms with van der Waals surface area (Å²) in [6.07, 6.45) is 6.04. The van der Waals surface area contributed by atoms with E-state index in [0.29, 0.717) is 28.6 Å². The van der Waals surface area contributed by atoms with Gasteiger partial charge in [-0.25, -0.2) is 4.79 Å². The van der Waals surface area contributed by atoms with Crippen LogP contribution >= 0.6 is 0 Å². The second-order valence-electron chi connectivity index (χ2n) is 10.9. The number of aryl methyl sites for hydroxylation is 1. The number of hydrogen-bond donors (Lipinski definition) is 3. The lowest BCUT2D eigenvalue weighted by molar-refractivity contribution is -0.175. The van der Waals surface area contributed by atoms with Gasteiger partial charge in [-0.15, -0.1) is 0 Å². The number of hydrogen-bond acceptors (Lipinski definition) is 4. The van der Waals surface area contributed by atoms with Crippen molar-refractivity contribution in [3.05, 3.63) is 64.1 Å². The molecule has 7 heteroatoms. The number of nitrogens with one attached hydrogen (secondary N) is 3. The highest BCUT2D eigenvalue weighted by atomic mass is 16.5. The van der Waals surface area contributed by atoms with E-state index < -0.39 is 5.41 Å². The summed E-state index contributed by atoms with van der Waals surface area (Å²) in [5.74, 6) is 0.473. The van der Waals surface area contributed by atoms with Gasteiger partial charge in [-0.1, -0.05) is 29.8 Å². The van der Waals surface area contributed by atoms with Gasteiger partial charge in [0.1, 0.15) is 0 Å². The average molecular weight is 460 g/mol. The summed E-state index contributed by atoms with van der Waals surface area (Å²) < 4.78 is 5.64. The van der Waals surface area contributed by atoms with E-state index in [1.54, 1.807) is 18.2 Å². The highest BCUT2D eigenvalue weighted by Crippen LogP contribution is 2.66. The van der Waals surface area contributed by atoms with E-state index in [1.165, 1.54) is 17.5 Å². The van der Waals surface area contributed by atoms with Crippen molar-refractivity contribution in [3.8, 4) is 0 Å². The molecular weight excluding hydrogens is 430 g/mol. The van der Waals surface area contributed by atoms with Crippen LogP contribution in [-0.4, -0.2) is 28.5 Å². The number of imidazole rings is 1. The maximum Gasteiger partial charge on any atom is 0.323 e. The van der Waals surface area contributed by atoms with Gasteiger partial charge in [0, 0.05) is 5.69 Å². The van der Waals surface area contributed by atoms with Crippen molar-refractivity contribution in [2.75, 3.05) is 11.9 Å². The molecule has 4 bridgehead atoms. The molecule has 4 saturated carbocycles. The summed E-state index contributed by atoms with van der Waals surface area (Å²) >= 11 is 0. The number of carbonyl (C=O) groups is 2. The number of esters is 1. The first-order valence-corrected chi connectivity index (χ1v) is 12.1. The predicted molar refractivity (Wildman–Crippen MR) is 128 cm³/mol. The third-order valence-corrected chi connectivity index (χ3v) is 8.29. The molecule has 4 aliphatic rings. The van der Waals surface area contributed by atoms with Crippen molar-refractivity contribution in [1.82, 2.24) is 9.97 Å². The molecule has 1 heterocycles. The summed E-state index contributed by atoms with van der Waals surface area (Å²) in [5, 5.41) is 2.76. The minimum Gasteiger partial charge on any atom is -0.455 e. The molecule has 0 spiro atoms. The van der Waals surface area contributed by atoms with E-state index in [9.17, 15) is 14.4 Å². The van der Waals surface area contributed by atoms with Crippen molar-refractivity contribution in [1.29, 1.82) is 0 Å². The molecule has 0 saturated heterocycles. The molecule has 1 aromatic heterocycles. The van der Waals surface area contributed by atoms with Crippen LogP contribution in [0.3, 0.4) is 0 Å². The molecule has 4 aliphatic carbocycles. The van der Waals surface area contributed by atoms with Crippen molar-refractivity contribution < 1.29 is 14.3 Å². The number of H-pyrrole nitrogens is 2. The Morgan fingerprint density at radius 2 is 1.71 bits per heavy atom. The van der Waals surface area contributed by atoms with E-state index in [-0.39, 0.29) is 29.6 Å². The fourth-order valence-electron chi connectivity index (χ4n) is 7.34. The van der Waals surface area contributed by atoms with Crippen molar-refractivity contribution in [3.63, 3.8) is 0 Å². The van der Waals surface area contributed by atoms with Crippen LogP contribution in [0.4, 0.5) is 5.69 Å². The number of aromatic nitrogens is 2. The molecule has 2 aromatic carbocycles. The molecule has 0 aliphatic heterocycles. The van der Waals surface area contributed by atoms with Crippen LogP contribution in [0.15, 0.2) is 47.3 Å². The van der Waals surface area contributed by atoms with Gasteiger partial charge in [-0.2, -0.15) is 0 Å². The first-order chi connectivity index (χ1) is 16.3. The third kappa shape index (κ3) is 3.54. The molecule has 1 amide bonds. The number of benzene rings is 2. The SMILES string of the molecule is Cc1ccc(C23C[C@@H]4C[C@H](CC(C(=O)OCC(=O)Nc5ccc6[nH]c(=O)[nH]c6c5)(C4)C2)C3)cc1. The number of carbonyl (C=O) groups excluding carboxylic acids is 2. The number of fused-ring (bicyclic) bond motifs is 1. The first kappa shape index (κ1) is 21.2. The predicted octanol–water partition coefficient (Wildman–Crippen LogP) is 4.18. The zero-order valence-electron chi connectivity index (χ0n) is 19.3. The Balaban J connectivity index is 1.15. The summed E-state index contributed by atoms with van der Waals surface area (Å²) in [5.41, 5.74) is 3.66. The molecule has 3 aromatic rings. The van der Waals surface area contributed by atoms with E-state index in [0.717, 1.165) is 32.1 Å². The maximum atomic E-state index is 13.4. The fraction of sp³-hybridized carbons (Fsp3) is 0.444. The lowest BCUT2D eigenvalue weighted by Gasteiger charge is -2.61. The smallest absolute Gasteiger partial charge is 0.323 e. The molecular formula is C27H29N3O4.